The zero-order chi connectivity index (χ0) is 21.4. The second kappa shape index (κ2) is 16.2. The molecule has 3 aromatic rings. The van der Waals surface area contributed by atoms with Crippen molar-refractivity contribution in [2.45, 2.75) is 20.1 Å². The first-order valence-corrected chi connectivity index (χ1v) is 10.4. The Morgan fingerprint density at radius 2 is 1.70 bits per heavy atom. The molecule has 2 aromatic heterocycles. The number of rotatable bonds is 5. The van der Waals surface area contributed by atoms with E-state index in [0.29, 0.717) is 23.1 Å². The van der Waals surface area contributed by atoms with E-state index in [9.17, 15) is 14.7 Å². The number of aromatic nitrogens is 2. The van der Waals surface area contributed by atoms with Gasteiger partial charge in [0.05, 0.1) is 11.1 Å². The SMILES string of the molecule is CCC(=O)c1csc(C(=O)c2cn(CO)c3cc(Br)c(Br)cc23)n1.C[O-].C[O-].[Na+].[Na+]. The molecule has 1 N–H and O–H groups in total. The number of aliphatic hydroxyl groups is 1. The first-order chi connectivity index (χ1) is 13.5. The van der Waals surface area contributed by atoms with Gasteiger partial charge in [-0.1, -0.05) is 6.92 Å². The number of hydrogen-bond donors (Lipinski definition) is 1. The van der Waals surface area contributed by atoms with Crippen LogP contribution in [0.2, 0.25) is 0 Å². The summed E-state index contributed by atoms with van der Waals surface area (Å²) in [7, 11) is 1.50. The zero-order valence-electron chi connectivity index (χ0n) is 17.4. The van der Waals surface area contributed by atoms with Crippen molar-refractivity contribution in [3.05, 3.63) is 48.9 Å². The van der Waals surface area contributed by atoms with Gasteiger partial charge in [0.2, 0.25) is 5.78 Å². The summed E-state index contributed by atoms with van der Waals surface area (Å²) in [5, 5.41) is 28.6. The summed E-state index contributed by atoms with van der Waals surface area (Å²) in [6.07, 6.45) is 1.96. The molecule has 12 heteroatoms. The topological polar surface area (TPSA) is 118 Å². The molecule has 0 atom stereocenters. The van der Waals surface area contributed by atoms with Gasteiger partial charge in [-0.15, -0.1) is 11.3 Å². The molecule has 2 heterocycles. The number of nitrogens with zero attached hydrogens (tertiary/aromatic N) is 2. The van der Waals surface area contributed by atoms with Crippen LogP contribution in [0, 0.1) is 0 Å². The molecule has 0 fully saturated rings. The van der Waals surface area contributed by atoms with E-state index in [2.05, 4.69) is 36.8 Å². The van der Waals surface area contributed by atoms with Gasteiger partial charge in [-0.05, 0) is 44.0 Å². The average molecular weight is 580 g/mol. The number of thiazole rings is 1. The Balaban J connectivity index is 0. The second-order valence-corrected chi connectivity index (χ2v) is 7.65. The molecule has 0 aliphatic carbocycles. The third-order valence-corrected chi connectivity index (χ3v) is 6.31. The van der Waals surface area contributed by atoms with Gasteiger partial charge in [-0.3, -0.25) is 9.59 Å². The Morgan fingerprint density at radius 1 is 1.13 bits per heavy atom. The minimum Gasteiger partial charge on any atom is -0.857 e. The van der Waals surface area contributed by atoms with Crippen molar-refractivity contribution in [1.29, 1.82) is 0 Å². The molecule has 7 nitrogen and oxygen atoms in total. The molecule has 0 spiro atoms. The fourth-order valence-corrected chi connectivity index (χ4v) is 3.84. The van der Waals surface area contributed by atoms with Gasteiger partial charge in [0.25, 0.3) is 0 Å². The number of hydrogen-bond acceptors (Lipinski definition) is 7. The van der Waals surface area contributed by atoms with E-state index in [1.165, 1.54) is 0 Å². The zero-order valence-corrected chi connectivity index (χ0v) is 25.4. The molecule has 30 heavy (non-hydrogen) atoms. The predicted molar refractivity (Wildman–Crippen MR) is 112 cm³/mol. The summed E-state index contributed by atoms with van der Waals surface area (Å²) in [5.41, 5.74) is 1.50. The number of halogens is 2. The average Bonchev–Trinajstić information content (AvgIpc) is 3.36. The van der Waals surface area contributed by atoms with Crippen LogP contribution in [0.3, 0.4) is 0 Å². The summed E-state index contributed by atoms with van der Waals surface area (Å²) in [4.78, 5) is 28.7. The van der Waals surface area contributed by atoms with Crippen molar-refractivity contribution in [3.8, 4) is 0 Å². The molecule has 0 amide bonds. The van der Waals surface area contributed by atoms with E-state index < -0.39 is 0 Å². The van der Waals surface area contributed by atoms with Gasteiger partial charge in [-0.25, -0.2) is 4.98 Å². The number of carbonyl (C=O) groups excluding carboxylic acids is 2. The van der Waals surface area contributed by atoms with Crippen LogP contribution in [-0.2, 0) is 6.73 Å². The van der Waals surface area contributed by atoms with Crippen molar-refractivity contribution in [1.82, 2.24) is 9.55 Å². The Hall–Kier alpha value is 0.570. The maximum atomic E-state index is 12.8. The molecule has 152 valence electrons. The monoisotopic (exact) mass is 578 g/mol. The number of ketones is 2. The quantitative estimate of drug-likeness (QED) is 0.246. The van der Waals surface area contributed by atoms with E-state index in [0.717, 1.165) is 40.0 Å². The summed E-state index contributed by atoms with van der Waals surface area (Å²) in [6.45, 7) is 1.52. The molecule has 1 aromatic carbocycles. The fourth-order valence-electron chi connectivity index (χ4n) is 2.38. The van der Waals surface area contributed by atoms with Crippen LogP contribution in [0.4, 0.5) is 0 Å². The maximum Gasteiger partial charge on any atom is 1.00 e. The number of benzene rings is 1. The molecular weight excluding hydrogens is 562 g/mol. The predicted octanol–water partition coefficient (Wildman–Crippen LogP) is -3.64. The van der Waals surface area contributed by atoms with Crippen LogP contribution in [0.5, 0.6) is 0 Å². The van der Waals surface area contributed by atoms with Crippen molar-refractivity contribution in [2.75, 3.05) is 14.2 Å². The van der Waals surface area contributed by atoms with Crippen molar-refractivity contribution in [3.63, 3.8) is 0 Å². The second-order valence-electron chi connectivity index (χ2n) is 5.08. The van der Waals surface area contributed by atoms with Crippen LogP contribution in [0.25, 0.3) is 10.9 Å². The Bertz CT molecular complexity index is 979. The van der Waals surface area contributed by atoms with Gasteiger partial charge >= 0.3 is 59.1 Å². The summed E-state index contributed by atoms with van der Waals surface area (Å²) < 4.78 is 3.22. The minimum absolute atomic E-state index is 0. The normalized spacial score (nSPS) is 9.33. The molecule has 3 rings (SSSR count). The van der Waals surface area contributed by atoms with Crippen molar-refractivity contribution >= 4 is 65.7 Å². The van der Waals surface area contributed by atoms with Gasteiger partial charge in [-0.2, -0.15) is 14.2 Å². The Morgan fingerprint density at radius 3 is 2.23 bits per heavy atom. The van der Waals surface area contributed by atoms with E-state index in [-0.39, 0.29) is 82.4 Å². The summed E-state index contributed by atoms with van der Waals surface area (Å²) in [6, 6.07) is 3.66. The number of Topliss-reactive ketones (excluding diaryl/α,β-unsaturated/α-hetero) is 1. The number of carbonyl (C=O) groups is 2. The van der Waals surface area contributed by atoms with Gasteiger partial charge < -0.3 is 19.9 Å². The fraction of sp³-hybridized carbons (Fsp3) is 0.278. The molecule has 0 saturated heterocycles. The Labute approximate surface area is 239 Å². The van der Waals surface area contributed by atoms with E-state index in [4.69, 9.17) is 10.2 Å². The van der Waals surface area contributed by atoms with Crippen LogP contribution in [-0.4, -0.2) is 40.4 Å². The Kier molecular flexibility index (Phi) is 17.7. The molecule has 0 aliphatic heterocycles. The minimum atomic E-state index is -0.262. The van der Waals surface area contributed by atoms with Gasteiger partial charge in [0.15, 0.2) is 10.8 Å². The first kappa shape index (κ1) is 32.7. The van der Waals surface area contributed by atoms with Crippen molar-refractivity contribution < 1.29 is 84.0 Å². The largest absolute Gasteiger partial charge is 1.00 e. The molecule has 0 aliphatic rings. The van der Waals surface area contributed by atoms with E-state index in [1.54, 1.807) is 23.1 Å². The molecule has 0 saturated carbocycles. The third kappa shape index (κ3) is 7.57. The molecule has 0 unspecified atom stereocenters. The number of aliphatic hydroxyl groups excluding tert-OH is 1. The van der Waals surface area contributed by atoms with Crippen molar-refractivity contribution in [2.24, 2.45) is 0 Å². The standard InChI is InChI=1S/C16H12Br2N2O3S.2CH3O.2Na/c1-2-14(22)12-6-24-16(19-12)15(23)9-5-20(7-21)13-4-11(18)10(17)3-8(9)13;2*1-2;;/h3-6,21H,2,7H2,1H3;2*1H3;;/q;2*-1;2*+1. The smallest absolute Gasteiger partial charge is 0.857 e. The first-order valence-electron chi connectivity index (χ1n) is 7.90. The third-order valence-electron chi connectivity index (χ3n) is 3.63. The summed E-state index contributed by atoms with van der Waals surface area (Å²) >= 11 is 8.01. The van der Waals surface area contributed by atoms with Gasteiger partial charge in [0.1, 0.15) is 12.4 Å². The number of fused-ring (bicyclic) bond motifs is 1. The van der Waals surface area contributed by atoms with Crippen LogP contribution in [0.1, 0.15) is 39.2 Å². The van der Waals surface area contributed by atoms with Gasteiger partial charge in [0, 0.05) is 32.3 Å². The maximum absolute atomic E-state index is 12.8. The van der Waals surface area contributed by atoms with Crippen LogP contribution in [0.15, 0.2) is 32.7 Å². The molecule has 0 radical (unpaired) electrons. The van der Waals surface area contributed by atoms with Crippen LogP contribution < -0.4 is 69.3 Å². The van der Waals surface area contributed by atoms with Crippen LogP contribution >= 0.6 is 43.2 Å². The molecule has 0 bridgehead atoms. The molecular formula is C18H18Br2N2Na2O5S. The van der Waals surface area contributed by atoms with E-state index in [1.807, 2.05) is 12.1 Å². The summed E-state index contributed by atoms with van der Waals surface area (Å²) in [5.74, 6) is -0.351. The van der Waals surface area contributed by atoms with E-state index >= 15 is 0 Å².